The molecule has 1 saturated heterocycles. The van der Waals surface area contributed by atoms with Gasteiger partial charge in [0.15, 0.2) is 11.5 Å². The molecule has 1 aliphatic carbocycles. The lowest BCUT2D eigenvalue weighted by molar-refractivity contribution is -0.137. The molecule has 1 amide bonds. The molecule has 1 aliphatic heterocycles. The van der Waals surface area contributed by atoms with Gasteiger partial charge in [0.25, 0.3) is 0 Å². The van der Waals surface area contributed by atoms with Crippen LogP contribution in [-0.2, 0) is 4.79 Å². The van der Waals surface area contributed by atoms with Crippen LogP contribution in [0.2, 0.25) is 0 Å². The van der Waals surface area contributed by atoms with E-state index in [-0.39, 0.29) is 5.92 Å². The number of aryl methyl sites for hydroxylation is 1. The van der Waals surface area contributed by atoms with Gasteiger partial charge in [-0.05, 0) is 77.1 Å². The minimum absolute atomic E-state index is 0.167. The molecule has 166 valence electrons. The largest absolute Gasteiger partial charge is 0.342 e. The number of amides is 1. The zero-order valence-corrected chi connectivity index (χ0v) is 19.2. The van der Waals surface area contributed by atoms with Crippen molar-refractivity contribution in [2.75, 3.05) is 13.1 Å². The number of carbonyl (C=O) groups is 1. The molecule has 6 heteroatoms. The number of rotatable bonds is 3. The molecule has 1 fully saturated rings. The average molecular weight is 430 g/mol. The first kappa shape index (κ1) is 20.9. The summed E-state index contributed by atoms with van der Waals surface area (Å²) in [5.74, 6) is 1.66. The third-order valence-corrected chi connectivity index (χ3v) is 7.33. The van der Waals surface area contributed by atoms with Gasteiger partial charge in [0, 0.05) is 42.2 Å². The lowest BCUT2D eigenvalue weighted by atomic mass is 9.83. The summed E-state index contributed by atoms with van der Waals surface area (Å²) in [5.41, 5.74) is 5.78. The molecule has 0 N–H and O–H groups in total. The lowest BCUT2D eigenvalue weighted by Crippen LogP contribution is -2.42. The summed E-state index contributed by atoms with van der Waals surface area (Å²) < 4.78 is 1.84. The molecular weight excluding hydrogens is 398 g/mol. The molecule has 0 bridgehead atoms. The number of piperidine rings is 1. The SMILES string of the molecule is CC1=C(C)C[C@H](C(=O)N2CCC(c3ccc4c(C)nn(-c5ccccn5)c4n3)CC2)CC1. The van der Waals surface area contributed by atoms with Crippen LogP contribution in [0.15, 0.2) is 47.7 Å². The molecule has 0 spiro atoms. The van der Waals surface area contributed by atoms with Crippen molar-refractivity contribution >= 4 is 16.9 Å². The standard InChI is InChI=1S/C26H31N5O/c1-17-7-8-21(16-18(17)2)26(32)30-14-11-20(12-15-30)23-10-9-22-19(3)29-31(25(22)28-23)24-6-4-5-13-27-24/h4-6,9-10,13,20-21H,7-8,11-12,14-16H2,1-3H3/t21-/m1/s1. The molecule has 0 unspecified atom stereocenters. The number of hydrogen-bond donors (Lipinski definition) is 0. The number of nitrogens with zero attached hydrogens (tertiary/aromatic N) is 5. The van der Waals surface area contributed by atoms with Crippen LogP contribution in [0.5, 0.6) is 0 Å². The van der Waals surface area contributed by atoms with Crippen molar-refractivity contribution in [3.05, 3.63) is 59.1 Å². The summed E-state index contributed by atoms with van der Waals surface area (Å²) in [4.78, 5) is 24.7. The Morgan fingerprint density at radius 3 is 2.53 bits per heavy atom. The van der Waals surface area contributed by atoms with E-state index in [4.69, 9.17) is 4.98 Å². The van der Waals surface area contributed by atoms with Crippen LogP contribution in [0.3, 0.4) is 0 Å². The van der Waals surface area contributed by atoms with Crippen LogP contribution >= 0.6 is 0 Å². The topological polar surface area (TPSA) is 63.9 Å². The first-order valence-electron chi connectivity index (χ1n) is 11.7. The minimum Gasteiger partial charge on any atom is -0.342 e. The summed E-state index contributed by atoms with van der Waals surface area (Å²) in [5, 5.41) is 5.74. The van der Waals surface area contributed by atoms with Gasteiger partial charge in [0.05, 0.1) is 5.69 Å². The highest BCUT2D eigenvalue weighted by atomic mass is 16.2. The van der Waals surface area contributed by atoms with Gasteiger partial charge >= 0.3 is 0 Å². The fraction of sp³-hybridized carbons (Fsp3) is 0.462. The first-order valence-corrected chi connectivity index (χ1v) is 11.7. The predicted octanol–water partition coefficient (Wildman–Crippen LogP) is 4.97. The monoisotopic (exact) mass is 429 g/mol. The van der Waals surface area contributed by atoms with Gasteiger partial charge in [-0.2, -0.15) is 9.78 Å². The highest BCUT2D eigenvalue weighted by Gasteiger charge is 2.31. The molecule has 0 saturated carbocycles. The number of carbonyl (C=O) groups excluding carboxylic acids is 1. The summed E-state index contributed by atoms with van der Waals surface area (Å²) >= 11 is 0. The summed E-state index contributed by atoms with van der Waals surface area (Å²) in [7, 11) is 0. The van der Waals surface area contributed by atoms with Gasteiger partial charge in [-0.3, -0.25) is 4.79 Å². The number of hydrogen-bond acceptors (Lipinski definition) is 4. The molecule has 3 aromatic rings. The third kappa shape index (κ3) is 3.83. The van der Waals surface area contributed by atoms with Crippen LogP contribution in [0.1, 0.15) is 63.3 Å². The Kier molecular flexibility index (Phi) is 5.53. The van der Waals surface area contributed by atoms with Crippen molar-refractivity contribution in [2.24, 2.45) is 5.92 Å². The van der Waals surface area contributed by atoms with Crippen molar-refractivity contribution in [1.82, 2.24) is 24.6 Å². The van der Waals surface area contributed by atoms with Crippen molar-refractivity contribution < 1.29 is 4.79 Å². The van der Waals surface area contributed by atoms with Gasteiger partial charge in [-0.1, -0.05) is 17.2 Å². The van der Waals surface area contributed by atoms with Crippen LogP contribution in [0, 0.1) is 12.8 Å². The highest BCUT2D eigenvalue weighted by Crippen LogP contribution is 2.33. The van der Waals surface area contributed by atoms with E-state index in [1.54, 1.807) is 6.20 Å². The predicted molar refractivity (Wildman–Crippen MR) is 126 cm³/mol. The molecule has 3 aromatic heterocycles. The van der Waals surface area contributed by atoms with Crippen molar-refractivity contribution in [3.8, 4) is 5.82 Å². The van der Waals surface area contributed by atoms with Gasteiger partial charge in [-0.15, -0.1) is 0 Å². The van der Waals surface area contributed by atoms with E-state index < -0.39 is 0 Å². The van der Waals surface area contributed by atoms with E-state index in [0.717, 1.165) is 73.4 Å². The molecule has 2 aliphatic rings. The molecular formula is C26H31N5O. The van der Waals surface area contributed by atoms with Gasteiger partial charge in [0.2, 0.25) is 5.91 Å². The van der Waals surface area contributed by atoms with Crippen LogP contribution in [0.25, 0.3) is 16.9 Å². The Labute approximate surface area is 189 Å². The zero-order valence-electron chi connectivity index (χ0n) is 19.2. The second-order valence-corrected chi connectivity index (χ2v) is 9.39. The molecule has 4 heterocycles. The number of aromatic nitrogens is 4. The van der Waals surface area contributed by atoms with Crippen molar-refractivity contribution in [2.45, 2.75) is 58.8 Å². The Morgan fingerprint density at radius 2 is 1.81 bits per heavy atom. The van der Waals surface area contributed by atoms with Crippen LogP contribution in [-0.4, -0.2) is 43.6 Å². The van der Waals surface area contributed by atoms with Crippen LogP contribution in [0.4, 0.5) is 0 Å². The smallest absolute Gasteiger partial charge is 0.226 e. The zero-order chi connectivity index (χ0) is 22.2. The first-order chi connectivity index (χ1) is 15.5. The summed E-state index contributed by atoms with van der Waals surface area (Å²) in [6.45, 7) is 8.03. The minimum atomic E-state index is 0.167. The fourth-order valence-corrected chi connectivity index (χ4v) is 5.14. The van der Waals surface area contributed by atoms with Gasteiger partial charge in [-0.25, -0.2) is 9.97 Å². The third-order valence-electron chi connectivity index (χ3n) is 7.33. The van der Waals surface area contributed by atoms with Crippen LogP contribution < -0.4 is 0 Å². The second kappa shape index (κ2) is 8.49. The number of pyridine rings is 2. The molecule has 1 atom stereocenters. The van der Waals surface area contributed by atoms with E-state index in [9.17, 15) is 4.79 Å². The van der Waals surface area contributed by atoms with E-state index in [1.807, 2.05) is 29.8 Å². The average Bonchev–Trinajstić information content (AvgIpc) is 3.17. The Bertz CT molecular complexity index is 1170. The molecule has 0 radical (unpaired) electrons. The maximum absolute atomic E-state index is 13.1. The Balaban J connectivity index is 1.32. The van der Waals surface area contributed by atoms with Crippen molar-refractivity contribution in [3.63, 3.8) is 0 Å². The van der Waals surface area contributed by atoms with E-state index in [1.165, 1.54) is 11.1 Å². The summed E-state index contributed by atoms with van der Waals surface area (Å²) in [6.07, 6.45) is 6.69. The molecule has 6 nitrogen and oxygen atoms in total. The number of likely N-dealkylation sites (tertiary alicyclic amines) is 1. The summed E-state index contributed by atoms with van der Waals surface area (Å²) in [6, 6.07) is 10.1. The number of fused-ring (bicyclic) bond motifs is 1. The van der Waals surface area contributed by atoms with E-state index in [2.05, 4.69) is 41.0 Å². The van der Waals surface area contributed by atoms with Crippen molar-refractivity contribution in [1.29, 1.82) is 0 Å². The maximum Gasteiger partial charge on any atom is 0.226 e. The van der Waals surface area contributed by atoms with E-state index >= 15 is 0 Å². The fourth-order valence-electron chi connectivity index (χ4n) is 5.14. The van der Waals surface area contributed by atoms with Gasteiger partial charge in [0.1, 0.15) is 0 Å². The Hall–Kier alpha value is -3.02. The molecule has 32 heavy (non-hydrogen) atoms. The molecule has 5 rings (SSSR count). The van der Waals surface area contributed by atoms with E-state index in [0.29, 0.717) is 11.8 Å². The Morgan fingerprint density at radius 1 is 1.00 bits per heavy atom. The second-order valence-electron chi connectivity index (χ2n) is 9.39. The highest BCUT2D eigenvalue weighted by molar-refractivity contribution is 5.80. The normalized spacial score (nSPS) is 20.2. The lowest BCUT2D eigenvalue weighted by Gasteiger charge is -2.35. The molecule has 0 aromatic carbocycles. The van der Waals surface area contributed by atoms with Gasteiger partial charge < -0.3 is 4.90 Å². The maximum atomic E-state index is 13.1. The quantitative estimate of drug-likeness (QED) is 0.552. The number of allylic oxidation sites excluding steroid dienone is 2.